The molecule has 0 spiro atoms. The predicted molar refractivity (Wildman–Crippen MR) is 108 cm³/mol. The van der Waals surface area contributed by atoms with Crippen LogP contribution in [0, 0.1) is 0 Å². The lowest BCUT2D eigenvalue weighted by Crippen LogP contribution is -2.14. The fourth-order valence-corrected chi connectivity index (χ4v) is 2.96. The van der Waals surface area contributed by atoms with E-state index in [0.717, 1.165) is 28.3 Å². The lowest BCUT2D eigenvalue weighted by atomic mass is 10.2. The van der Waals surface area contributed by atoms with Crippen LogP contribution in [0.4, 0.5) is 17.2 Å². The molecule has 0 saturated heterocycles. The van der Waals surface area contributed by atoms with Crippen LogP contribution in [0.1, 0.15) is 0 Å². The molecule has 0 saturated carbocycles. The third kappa shape index (κ3) is 3.15. The number of nitrogens with zero attached hydrogens (tertiary/aromatic N) is 5. The lowest BCUT2D eigenvalue weighted by Gasteiger charge is -2.14. The maximum absolute atomic E-state index is 11.7. The molecule has 0 amide bonds. The molecule has 7 heteroatoms. The molecular formula is C20H20N6O. The Morgan fingerprint density at radius 1 is 1.11 bits per heavy atom. The van der Waals surface area contributed by atoms with Gasteiger partial charge in [-0.2, -0.15) is 0 Å². The second kappa shape index (κ2) is 6.60. The maximum Gasteiger partial charge on any atom is 0.250 e. The van der Waals surface area contributed by atoms with E-state index in [2.05, 4.69) is 21.4 Å². The van der Waals surface area contributed by atoms with Crippen LogP contribution in [0.2, 0.25) is 0 Å². The summed E-state index contributed by atoms with van der Waals surface area (Å²) in [6.45, 7) is 0. The normalized spacial score (nSPS) is 10.9. The number of aryl methyl sites for hydroxylation is 1. The maximum atomic E-state index is 11.7. The van der Waals surface area contributed by atoms with Gasteiger partial charge in [-0.05, 0) is 24.3 Å². The van der Waals surface area contributed by atoms with E-state index < -0.39 is 0 Å². The van der Waals surface area contributed by atoms with Crippen molar-refractivity contribution in [1.82, 2.24) is 18.9 Å². The van der Waals surface area contributed by atoms with Crippen molar-refractivity contribution < 1.29 is 0 Å². The van der Waals surface area contributed by atoms with Crippen LogP contribution in [0.15, 0.2) is 66.0 Å². The van der Waals surface area contributed by atoms with Gasteiger partial charge in [-0.15, -0.1) is 0 Å². The third-order valence-corrected chi connectivity index (χ3v) is 4.43. The largest absolute Gasteiger partial charge is 0.378 e. The summed E-state index contributed by atoms with van der Waals surface area (Å²) >= 11 is 0. The Labute approximate surface area is 156 Å². The first-order valence-electron chi connectivity index (χ1n) is 8.56. The number of pyridine rings is 1. The minimum absolute atomic E-state index is 0.0441. The Balaban J connectivity index is 1.75. The van der Waals surface area contributed by atoms with Crippen molar-refractivity contribution in [3.63, 3.8) is 0 Å². The number of anilines is 3. The summed E-state index contributed by atoms with van der Waals surface area (Å²) in [6.07, 6.45) is 7.20. The molecule has 0 aliphatic heterocycles. The molecule has 27 heavy (non-hydrogen) atoms. The summed E-state index contributed by atoms with van der Waals surface area (Å²) < 4.78 is 3.52. The second-order valence-corrected chi connectivity index (χ2v) is 6.55. The highest BCUT2D eigenvalue weighted by Gasteiger charge is 2.11. The Kier molecular flexibility index (Phi) is 4.12. The van der Waals surface area contributed by atoms with Crippen LogP contribution >= 0.6 is 0 Å². The van der Waals surface area contributed by atoms with Crippen LogP contribution in [0.5, 0.6) is 0 Å². The Hall–Kier alpha value is -3.61. The molecule has 0 unspecified atom stereocenters. The van der Waals surface area contributed by atoms with Gasteiger partial charge in [0.2, 0.25) is 5.56 Å². The van der Waals surface area contributed by atoms with E-state index in [1.165, 1.54) is 0 Å². The number of benzene rings is 1. The van der Waals surface area contributed by atoms with Crippen molar-refractivity contribution in [2.75, 3.05) is 24.3 Å². The molecule has 1 aromatic carbocycles. The molecule has 136 valence electrons. The van der Waals surface area contributed by atoms with E-state index in [0.29, 0.717) is 5.82 Å². The summed E-state index contributed by atoms with van der Waals surface area (Å²) in [7, 11) is 5.75. The summed E-state index contributed by atoms with van der Waals surface area (Å²) in [5.74, 6) is 0.671. The van der Waals surface area contributed by atoms with E-state index in [1.807, 2.05) is 47.8 Å². The molecule has 4 aromatic rings. The second-order valence-electron chi connectivity index (χ2n) is 6.55. The van der Waals surface area contributed by atoms with Crippen molar-refractivity contribution in [2.24, 2.45) is 7.05 Å². The fourth-order valence-electron chi connectivity index (χ4n) is 2.96. The van der Waals surface area contributed by atoms with Gasteiger partial charge in [0, 0.05) is 62.7 Å². The predicted octanol–water partition coefficient (Wildman–Crippen LogP) is 2.90. The highest BCUT2D eigenvalue weighted by atomic mass is 16.1. The average Bonchev–Trinajstić information content (AvgIpc) is 3.09. The van der Waals surface area contributed by atoms with E-state index >= 15 is 0 Å². The number of imidazole rings is 1. The number of fused-ring (bicyclic) bond motifs is 1. The van der Waals surface area contributed by atoms with Crippen LogP contribution < -0.4 is 15.8 Å². The van der Waals surface area contributed by atoms with E-state index in [1.54, 1.807) is 42.3 Å². The molecule has 0 radical (unpaired) electrons. The van der Waals surface area contributed by atoms with Gasteiger partial charge in [-0.25, -0.2) is 9.97 Å². The monoisotopic (exact) mass is 360 g/mol. The molecule has 3 aromatic heterocycles. The molecule has 3 heterocycles. The molecule has 0 aliphatic rings. The van der Waals surface area contributed by atoms with E-state index in [4.69, 9.17) is 0 Å². The molecule has 0 fully saturated rings. The summed E-state index contributed by atoms with van der Waals surface area (Å²) in [5, 5.41) is 3.35. The van der Waals surface area contributed by atoms with Crippen LogP contribution in [0.25, 0.3) is 16.9 Å². The minimum Gasteiger partial charge on any atom is -0.378 e. The Bertz CT molecular complexity index is 1170. The van der Waals surface area contributed by atoms with Gasteiger partial charge < -0.3 is 14.8 Å². The van der Waals surface area contributed by atoms with Crippen molar-refractivity contribution in [2.45, 2.75) is 0 Å². The zero-order valence-electron chi connectivity index (χ0n) is 15.4. The topological polar surface area (TPSA) is 67.5 Å². The fraction of sp³-hybridized carbons (Fsp3) is 0.150. The van der Waals surface area contributed by atoms with Gasteiger partial charge in [0.25, 0.3) is 0 Å². The first-order valence-corrected chi connectivity index (χ1v) is 8.56. The van der Waals surface area contributed by atoms with E-state index in [9.17, 15) is 4.79 Å². The molecule has 0 atom stereocenters. The minimum atomic E-state index is -0.0441. The zero-order chi connectivity index (χ0) is 19.0. The highest BCUT2D eigenvalue weighted by Crippen LogP contribution is 2.26. The molecule has 7 nitrogen and oxygen atoms in total. The van der Waals surface area contributed by atoms with Gasteiger partial charge in [0.1, 0.15) is 0 Å². The summed E-state index contributed by atoms with van der Waals surface area (Å²) in [5.41, 5.74) is 4.52. The van der Waals surface area contributed by atoms with Gasteiger partial charge in [0.15, 0.2) is 11.5 Å². The lowest BCUT2D eigenvalue weighted by molar-refractivity contribution is 0.861. The van der Waals surface area contributed by atoms with Crippen molar-refractivity contribution in [3.8, 4) is 11.3 Å². The summed E-state index contributed by atoms with van der Waals surface area (Å²) in [4.78, 5) is 22.7. The van der Waals surface area contributed by atoms with Crippen LogP contribution in [-0.2, 0) is 7.05 Å². The number of hydrogen-bond donors (Lipinski definition) is 1. The van der Waals surface area contributed by atoms with Gasteiger partial charge in [-0.1, -0.05) is 6.07 Å². The third-order valence-electron chi connectivity index (χ3n) is 4.43. The van der Waals surface area contributed by atoms with Crippen molar-refractivity contribution in [3.05, 3.63) is 71.5 Å². The number of nitrogens with one attached hydrogen (secondary N) is 1. The van der Waals surface area contributed by atoms with Crippen LogP contribution in [0.3, 0.4) is 0 Å². The SMILES string of the molecule is CN(C)c1cccc(Nc2nccn3c(-c4ccc(=O)n(C)c4)cnc23)c1. The Morgan fingerprint density at radius 3 is 2.74 bits per heavy atom. The van der Waals surface area contributed by atoms with E-state index in [-0.39, 0.29) is 5.56 Å². The van der Waals surface area contributed by atoms with Gasteiger partial charge in [0.05, 0.1) is 11.9 Å². The van der Waals surface area contributed by atoms with Crippen molar-refractivity contribution >= 4 is 22.8 Å². The molecule has 0 bridgehead atoms. The van der Waals surface area contributed by atoms with Gasteiger partial charge >= 0.3 is 0 Å². The molecular weight excluding hydrogens is 340 g/mol. The average molecular weight is 360 g/mol. The molecule has 1 N–H and O–H groups in total. The first-order chi connectivity index (χ1) is 13.0. The standard InChI is InChI=1S/C20H20N6O/c1-24(2)16-6-4-5-15(11-16)23-19-20-22-12-17(26(20)10-9-21-19)14-7-8-18(27)25(3)13-14/h4-13H,1-3H3,(H,21,23). The molecule has 4 rings (SSSR count). The number of hydrogen-bond acceptors (Lipinski definition) is 5. The Morgan fingerprint density at radius 2 is 1.96 bits per heavy atom. The summed E-state index contributed by atoms with van der Waals surface area (Å²) in [6, 6.07) is 11.5. The number of rotatable bonds is 4. The van der Waals surface area contributed by atoms with Gasteiger partial charge in [-0.3, -0.25) is 9.20 Å². The molecule has 0 aliphatic carbocycles. The zero-order valence-corrected chi connectivity index (χ0v) is 15.4. The smallest absolute Gasteiger partial charge is 0.250 e. The quantitative estimate of drug-likeness (QED) is 0.606. The highest BCUT2D eigenvalue weighted by molar-refractivity contribution is 5.75. The van der Waals surface area contributed by atoms with Crippen LogP contribution in [-0.4, -0.2) is 33.0 Å². The number of aromatic nitrogens is 4. The van der Waals surface area contributed by atoms with Crippen molar-refractivity contribution in [1.29, 1.82) is 0 Å². The first kappa shape index (κ1) is 16.8.